The molecule has 3 heterocycles. The summed E-state index contributed by atoms with van der Waals surface area (Å²) in [4.78, 5) is 12.3. The maximum atomic E-state index is 12.9. The molecular weight excluding hydrogens is 405 g/mol. The minimum absolute atomic E-state index is 0.131. The van der Waals surface area contributed by atoms with Crippen molar-refractivity contribution >= 4 is 36.2 Å². The molecule has 1 aliphatic heterocycles. The molecule has 2 aromatic heterocycles. The Morgan fingerprint density at radius 1 is 1.36 bits per heavy atom. The van der Waals surface area contributed by atoms with E-state index in [1.54, 1.807) is 23.0 Å². The molecule has 0 unspecified atom stereocenters. The van der Waals surface area contributed by atoms with E-state index in [9.17, 15) is 4.57 Å². The fourth-order valence-corrected chi connectivity index (χ4v) is 4.73. The zero-order valence-corrected chi connectivity index (χ0v) is 16.6. The Labute approximate surface area is 166 Å². The number of hydrogen-bond acceptors (Lipinski definition) is 8. The number of nitrogen functional groups attached to an aromatic ring is 1. The number of halogens is 1. The smallest absolute Gasteiger partial charge is 0.356 e. The first kappa shape index (κ1) is 19.3. The predicted octanol–water partition coefficient (Wildman–Crippen LogP) is 3.41. The van der Waals surface area contributed by atoms with E-state index < -0.39 is 7.60 Å². The molecule has 0 spiro atoms. The summed E-state index contributed by atoms with van der Waals surface area (Å²) in [6, 6.07) is 7.32. The Morgan fingerprint density at radius 3 is 3.11 bits per heavy atom. The second kappa shape index (κ2) is 8.14. The van der Waals surface area contributed by atoms with Gasteiger partial charge >= 0.3 is 7.60 Å². The van der Waals surface area contributed by atoms with Crippen LogP contribution in [-0.4, -0.2) is 39.1 Å². The van der Waals surface area contributed by atoms with Gasteiger partial charge in [0.15, 0.2) is 11.5 Å². The summed E-state index contributed by atoms with van der Waals surface area (Å²) in [5, 5.41) is 0.607. The van der Waals surface area contributed by atoms with Crippen molar-refractivity contribution in [3.8, 4) is 0 Å². The van der Waals surface area contributed by atoms with Crippen LogP contribution in [0.4, 0.5) is 5.82 Å². The van der Waals surface area contributed by atoms with Crippen LogP contribution >= 0.6 is 19.2 Å². The van der Waals surface area contributed by atoms with Crippen molar-refractivity contribution in [2.45, 2.75) is 19.1 Å². The third kappa shape index (κ3) is 4.19. The van der Waals surface area contributed by atoms with Crippen LogP contribution in [-0.2, 0) is 24.9 Å². The first-order chi connectivity index (χ1) is 13.5. The number of nitrogens with zero attached hydrogens (tertiary/aromatic N) is 4. The summed E-state index contributed by atoms with van der Waals surface area (Å²) < 4.78 is 31.3. The van der Waals surface area contributed by atoms with Crippen molar-refractivity contribution in [2.75, 3.05) is 25.3 Å². The van der Waals surface area contributed by atoms with E-state index >= 15 is 0 Å². The number of ether oxygens (including phenoxy) is 1. The molecule has 1 aromatic carbocycles. The minimum atomic E-state index is -3.35. The van der Waals surface area contributed by atoms with Gasteiger partial charge in [0.2, 0.25) is 0 Å². The highest BCUT2D eigenvalue weighted by Gasteiger charge is 2.34. The second-order valence-electron chi connectivity index (χ2n) is 6.29. The zero-order valence-electron chi connectivity index (χ0n) is 14.9. The van der Waals surface area contributed by atoms with Gasteiger partial charge in [-0.3, -0.25) is 9.09 Å². The summed E-state index contributed by atoms with van der Waals surface area (Å²) in [5.74, 6) is 0.324. The maximum Gasteiger partial charge on any atom is 0.356 e. The van der Waals surface area contributed by atoms with Crippen LogP contribution in [0.1, 0.15) is 18.1 Å². The van der Waals surface area contributed by atoms with Crippen molar-refractivity contribution in [3.63, 3.8) is 0 Å². The average molecular weight is 424 g/mol. The Hall–Kier alpha value is -2.03. The highest BCUT2D eigenvalue weighted by molar-refractivity contribution is 7.53. The van der Waals surface area contributed by atoms with Gasteiger partial charge in [0.1, 0.15) is 18.2 Å². The number of aromatic nitrogens is 4. The van der Waals surface area contributed by atoms with Crippen LogP contribution in [0.5, 0.6) is 0 Å². The first-order valence-electron chi connectivity index (χ1n) is 8.71. The lowest BCUT2D eigenvalue weighted by molar-refractivity contribution is 0.0563. The van der Waals surface area contributed by atoms with E-state index in [0.717, 1.165) is 5.56 Å². The van der Waals surface area contributed by atoms with Crippen LogP contribution in [0.15, 0.2) is 36.9 Å². The van der Waals surface area contributed by atoms with Gasteiger partial charge in [0, 0.05) is 18.0 Å². The molecule has 1 aliphatic rings. The Balaban J connectivity index is 1.33. The lowest BCUT2D eigenvalue weighted by Crippen LogP contribution is -2.17. The normalized spacial score (nSPS) is 22.5. The SMILES string of the molecule is Nc1ncnc2c1ncn2CCOC[P@]1(=O)OCC[C@@H](c2cccc(Cl)c2)O1. The van der Waals surface area contributed by atoms with Crippen LogP contribution in [0.3, 0.4) is 0 Å². The van der Waals surface area contributed by atoms with Gasteiger partial charge in [-0.1, -0.05) is 23.7 Å². The van der Waals surface area contributed by atoms with Crippen LogP contribution in [0.25, 0.3) is 11.2 Å². The Bertz CT molecular complexity index is 1030. The quantitative estimate of drug-likeness (QED) is 0.474. The van der Waals surface area contributed by atoms with Gasteiger partial charge < -0.3 is 19.6 Å². The van der Waals surface area contributed by atoms with E-state index in [2.05, 4.69) is 15.0 Å². The maximum absolute atomic E-state index is 12.9. The number of benzene rings is 1. The molecule has 2 N–H and O–H groups in total. The highest BCUT2D eigenvalue weighted by atomic mass is 35.5. The highest BCUT2D eigenvalue weighted by Crippen LogP contribution is 2.56. The zero-order chi connectivity index (χ0) is 19.6. The van der Waals surface area contributed by atoms with Crippen molar-refractivity contribution in [1.82, 2.24) is 19.5 Å². The molecule has 3 aromatic rings. The molecule has 2 atom stereocenters. The van der Waals surface area contributed by atoms with E-state index in [1.807, 2.05) is 12.1 Å². The number of nitrogens with two attached hydrogens (primary N) is 1. The van der Waals surface area contributed by atoms with Crippen LogP contribution < -0.4 is 5.73 Å². The number of fused-ring (bicyclic) bond motifs is 1. The van der Waals surface area contributed by atoms with Gasteiger partial charge in [-0.2, -0.15) is 0 Å². The number of hydrogen-bond donors (Lipinski definition) is 1. The molecule has 148 valence electrons. The molecule has 4 rings (SSSR count). The van der Waals surface area contributed by atoms with Gasteiger partial charge in [-0.05, 0) is 17.7 Å². The van der Waals surface area contributed by atoms with Crippen molar-refractivity contribution in [1.29, 1.82) is 0 Å². The molecule has 0 bridgehead atoms. The minimum Gasteiger partial charge on any atom is -0.382 e. The van der Waals surface area contributed by atoms with Gasteiger partial charge in [0.25, 0.3) is 0 Å². The molecule has 28 heavy (non-hydrogen) atoms. The monoisotopic (exact) mass is 423 g/mol. The molecule has 0 radical (unpaired) electrons. The summed E-state index contributed by atoms with van der Waals surface area (Å²) >= 11 is 6.03. The summed E-state index contributed by atoms with van der Waals surface area (Å²) in [5.41, 5.74) is 7.81. The summed E-state index contributed by atoms with van der Waals surface area (Å²) in [7, 11) is -3.35. The standard InChI is InChI=1S/C17H19ClN5O4P/c18-13-3-1-2-12(8-13)14-4-6-26-28(24,27-14)11-25-7-5-23-10-22-15-16(19)20-9-21-17(15)23/h1-3,8-10,14H,4-7,11H2,(H2,19,20,21)/t14-,28-/m0/s1. The van der Waals surface area contributed by atoms with E-state index in [4.69, 9.17) is 31.1 Å². The molecule has 0 aliphatic carbocycles. The van der Waals surface area contributed by atoms with E-state index in [1.165, 1.54) is 6.33 Å². The van der Waals surface area contributed by atoms with E-state index in [0.29, 0.717) is 41.6 Å². The molecule has 1 saturated heterocycles. The first-order valence-corrected chi connectivity index (χ1v) is 10.8. The predicted molar refractivity (Wildman–Crippen MR) is 104 cm³/mol. The molecule has 11 heteroatoms. The molecule has 9 nitrogen and oxygen atoms in total. The topological polar surface area (TPSA) is 114 Å². The fourth-order valence-electron chi connectivity index (χ4n) is 2.98. The van der Waals surface area contributed by atoms with Crippen LogP contribution in [0, 0.1) is 0 Å². The lowest BCUT2D eigenvalue weighted by atomic mass is 10.1. The van der Waals surface area contributed by atoms with Crippen LogP contribution in [0.2, 0.25) is 5.02 Å². The van der Waals surface area contributed by atoms with Gasteiger partial charge in [0.05, 0.1) is 25.6 Å². The Kier molecular flexibility index (Phi) is 5.61. The van der Waals surface area contributed by atoms with Gasteiger partial charge in [-0.15, -0.1) is 0 Å². The van der Waals surface area contributed by atoms with Crippen molar-refractivity contribution in [2.24, 2.45) is 0 Å². The molecular formula is C17H19ClN5O4P. The summed E-state index contributed by atoms with van der Waals surface area (Å²) in [6.45, 7) is 1.08. The second-order valence-corrected chi connectivity index (χ2v) is 8.67. The fraction of sp³-hybridized carbons (Fsp3) is 0.353. The molecule has 1 fully saturated rings. The average Bonchev–Trinajstić information content (AvgIpc) is 3.10. The van der Waals surface area contributed by atoms with Crippen molar-refractivity contribution in [3.05, 3.63) is 47.5 Å². The van der Waals surface area contributed by atoms with E-state index in [-0.39, 0.29) is 19.1 Å². The largest absolute Gasteiger partial charge is 0.382 e. The number of anilines is 1. The third-order valence-corrected chi connectivity index (χ3v) is 6.22. The van der Waals surface area contributed by atoms with Crippen molar-refractivity contribution < 1.29 is 18.3 Å². The summed E-state index contributed by atoms with van der Waals surface area (Å²) in [6.07, 6.45) is 3.14. The number of imidazole rings is 1. The molecule has 0 amide bonds. The molecule has 0 saturated carbocycles. The number of rotatable bonds is 6. The Morgan fingerprint density at radius 2 is 2.25 bits per heavy atom. The lowest BCUT2D eigenvalue weighted by Gasteiger charge is -2.30. The third-order valence-electron chi connectivity index (χ3n) is 4.33. The van der Waals surface area contributed by atoms with Gasteiger partial charge in [-0.25, -0.2) is 15.0 Å².